The van der Waals surface area contributed by atoms with Gasteiger partial charge in [0.15, 0.2) is 5.92 Å². The first-order valence-electron chi connectivity index (χ1n) is 11.9. The molecule has 0 saturated carbocycles. The summed E-state index contributed by atoms with van der Waals surface area (Å²) in [4.78, 5) is 26.6. The van der Waals surface area contributed by atoms with Crippen LogP contribution in [-0.4, -0.2) is 30.9 Å². The van der Waals surface area contributed by atoms with Crippen LogP contribution in [0, 0.1) is 18.8 Å². The fraction of sp³-hybridized carbons (Fsp3) is 0.276. The number of esters is 2. The number of anilines is 1. The van der Waals surface area contributed by atoms with Crippen molar-refractivity contribution >= 4 is 23.3 Å². The quantitative estimate of drug-likeness (QED) is 0.329. The van der Waals surface area contributed by atoms with Crippen molar-refractivity contribution in [2.45, 2.75) is 26.8 Å². The van der Waals surface area contributed by atoms with Gasteiger partial charge in [0.1, 0.15) is 0 Å². The van der Waals surface area contributed by atoms with Crippen molar-refractivity contribution in [2.75, 3.05) is 18.2 Å². The largest absolute Gasteiger partial charge is 0.465 e. The number of rotatable bonds is 8. The second-order valence-electron chi connectivity index (χ2n) is 8.39. The molecule has 3 aromatic carbocycles. The predicted octanol–water partition coefficient (Wildman–Crippen LogP) is 5.32. The molecular weight excluding hydrogens is 440 g/mol. The Morgan fingerprint density at radius 2 is 1.37 bits per heavy atom. The first kappa shape index (κ1) is 24.2. The van der Waals surface area contributed by atoms with E-state index in [1.165, 1.54) is 0 Å². The summed E-state index contributed by atoms with van der Waals surface area (Å²) in [6.45, 7) is 5.80. The van der Waals surface area contributed by atoms with Crippen molar-refractivity contribution in [3.05, 3.63) is 102 Å². The van der Waals surface area contributed by atoms with Crippen LogP contribution >= 0.6 is 0 Å². The molecule has 0 radical (unpaired) electrons. The van der Waals surface area contributed by atoms with Crippen molar-refractivity contribution in [1.82, 2.24) is 0 Å². The van der Waals surface area contributed by atoms with Gasteiger partial charge >= 0.3 is 11.9 Å². The third kappa shape index (κ3) is 5.11. The normalized spacial score (nSPS) is 17.3. The van der Waals surface area contributed by atoms with E-state index in [4.69, 9.17) is 14.6 Å². The monoisotopic (exact) mass is 470 g/mol. The van der Waals surface area contributed by atoms with Gasteiger partial charge in [-0.1, -0.05) is 78.4 Å². The van der Waals surface area contributed by atoms with Crippen LogP contribution in [0.1, 0.15) is 36.6 Å². The number of nitrogens with zero attached hydrogens (tertiary/aromatic N) is 2. The van der Waals surface area contributed by atoms with Crippen molar-refractivity contribution in [3.8, 4) is 0 Å². The summed E-state index contributed by atoms with van der Waals surface area (Å²) in [6, 6.07) is 27.1. The number of carbonyl (C=O) groups excluding carboxylic acids is 2. The average Bonchev–Trinajstić information content (AvgIpc) is 3.26. The molecule has 0 amide bonds. The van der Waals surface area contributed by atoms with Crippen LogP contribution in [-0.2, 0) is 19.1 Å². The molecule has 1 aliphatic rings. The third-order valence-electron chi connectivity index (χ3n) is 6.08. The van der Waals surface area contributed by atoms with Crippen molar-refractivity contribution < 1.29 is 19.1 Å². The van der Waals surface area contributed by atoms with E-state index in [9.17, 15) is 9.59 Å². The first-order chi connectivity index (χ1) is 17.0. The SMILES string of the molecule is CCOC(=O)C(C(=O)OCC)[C@H]1C(c2ccc(C)cc2)=NN(c2ccccc2)[C@@H]1c1ccccc1. The van der Waals surface area contributed by atoms with E-state index in [1.807, 2.05) is 96.9 Å². The number of hydrogen-bond acceptors (Lipinski definition) is 6. The van der Waals surface area contributed by atoms with Crippen LogP contribution < -0.4 is 5.01 Å². The molecule has 2 atom stereocenters. The fourth-order valence-electron chi connectivity index (χ4n) is 4.51. The summed E-state index contributed by atoms with van der Waals surface area (Å²) in [5, 5.41) is 6.94. The molecule has 0 N–H and O–H groups in total. The maximum atomic E-state index is 13.3. The zero-order valence-corrected chi connectivity index (χ0v) is 20.3. The highest BCUT2D eigenvalue weighted by Crippen LogP contribution is 2.44. The van der Waals surface area contributed by atoms with E-state index < -0.39 is 29.8 Å². The van der Waals surface area contributed by atoms with Gasteiger partial charge in [0.25, 0.3) is 0 Å². The number of para-hydroxylation sites is 1. The molecule has 180 valence electrons. The molecule has 0 bridgehead atoms. The molecule has 0 saturated heterocycles. The van der Waals surface area contributed by atoms with Gasteiger partial charge in [0, 0.05) is 0 Å². The van der Waals surface area contributed by atoms with Crippen molar-refractivity contribution in [3.63, 3.8) is 0 Å². The summed E-state index contributed by atoms with van der Waals surface area (Å²) in [6.07, 6.45) is 0. The van der Waals surface area contributed by atoms with Crippen molar-refractivity contribution in [2.24, 2.45) is 16.9 Å². The minimum atomic E-state index is -1.17. The van der Waals surface area contributed by atoms with Crippen LogP contribution in [0.15, 0.2) is 90.0 Å². The zero-order valence-electron chi connectivity index (χ0n) is 20.3. The molecule has 4 rings (SSSR count). The molecule has 0 aliphatic carbocycles. The van der Waals surface area contributed by atoms with Crippen LogP contribution in [0.2, 0.25) is 0 Å². The van der Waals surface area contributed by atoms with Gasteiger partial charge in [0.2, 0.25) is 0 Å². The number of benzene rings is 3. The molecule has 6 heteroatoms. The van der Waals surface area contributed by atoms with Crippen LogP contribution in [0.3, 0.4) is 0 Å². The Bertz CT molecular complexity index is 1160. The molecular formula is C29H30N2O4. The van der Waals surface area contributed by atoms with Gasteiger partial charge in [-0.3, -0.25) is 14.6 Å². The lowest BCUT2D eigenvalue weighted by Crippen LogP contribution is -2.41. The first-order valence-corrected chi connectivity index (χ1v) is 11.9. The highest BCUT2D eigenvalue weighted by atomic mass is 16.6. The van der Waals surface area contributed by atoms with Crippen LogP contribution in [0.5, 0.6) is 0 Å². The minimum absolute atomic E-state index is 0.164. The Morgan fingerprint density at radius 1 is 0.829 bits per heavy atom. The molecule has 0 spiro atoms. The van der Waals surface area contributed by atoms with Gasteiger partial charge in [-0.05, 0) is 44.0 Å². The summed E-state index contributed by atoms with van der Waals surface area (Å²) in [7, 11) is 0. The van der Waals surface area contributed by atoms with Crippen LogP contribution in [0.4, 0.5) is 5.69 Å². The van der Waals surface area contributed by atoms with E-state index in [2.05, 4.69) is 0 Å². The van der Waals surface area contributed by atoms with Gasteiger partial charge in [-0.25, -0.2) is 0 Å². The Balaban J connectivity index is 1.94. The number of hydrazone groups is 1. The highest BCUT2D eigenvalue weighted by molar-refractivity contribution is 6.10. The smallest absolute Gasteiger partial charge is 0.321 e. The third-order valence-corrected chi connectivity index (χ3v) is 6.08. The summed E-state index contributed by atoms with van der Waals surface area (Å²) in [5.74, 6) is -3.01. The van der Waals surface area contributed by atoms with E-state index >= 15 is 0 Å². The van der Waals surface area contributed by atoms with E-state index in [-0.39, 0.29) is 13.2 Å². The molecule has 3 aromatic rings. The minimum Gasteiger partial charge on any atom is -0.465 e. The van der Waals surface area contributed by atoms with Gasteiger partial charge < -0.3 is 9.47 Å². The lowest BCUT2D eigenvalue weighted by atomic mass is 9.77. The Morgan fingerprint density at radius 3 is 1.91 bits per heavy atom. The average molecular weight is 471 g/mol. The Hall–Kier alpha value is -3.93. The lowest BCUT2D eigenvalue weighted by Gasteiger charge is -2.31. The Labute approximate surface area is 206 Å². The molecule has 1 heterocycles. The molecule has 0 aromatic heterocycles. The van der Waals surface area contributed by atoms with Gasteiger partial charge in [-0.15, -0.1) is 0 Å². The van der Waals surface area contributed by atoms with Crippen molar-refractivity contribution in [1.29, 1.82) is 0 Å². The number of hydrogen-bond donors (Lipinski definition) is 0. The van der Waals surface area contributed by atoms with Crippen LogP contribution in [0.25, 0.3) is 0 Å². The molecule has 0 unspecified atom stereocenters. The number of aryl methyl sites for hydroxylation is 1. The second-order valence-corrected chi connectivity index (χ2v) is 8.39. The standard InChI is InChI=1S/C29H30N2O4/c1-4-34-28(32)25(29(33)35-5-2)24-26(21-18-16-20(3)17-19-21)30-31(23-14-10-7-11-15-23)27(24)22-12-8-6-9-13-22/h6-19,24-25,27H,4-5H2,1-3H3/t24-,27+/m0/s1. The zero-order chi connectivity index (χ0) is 24.8. The van der Waals surface area contributed by atoms with E-state index in [1.54, 1.807) is 13.8 Å². The summed E-state index contributed by atoms with van der Waals surface area (Å²) >= 11 is 0. The van der Waals surface area contributed by atoms with E-state index in [0.717, 1.165) is 22.4 Å². The predicted molar refractivity (Wildman–Crippen MR) is 136 cm³/mol. The van der Waals surface area contributed by atoms with Gasteiger partial charge in [-0.2, -0.15) is 5.10 Å². The molecule has 0 fully saturated rings. The Kier molecular flexibility index (Phi) is 7.60. The molecule has 1 aliphatic heterocycles. The number of ether oxygens (including phenoxy) is 2. The number of carbonyl (C=O) groups is 2. The maximum Gasteiger partial charge on any atom is 0.321 e. The summed E-state index contributed by atoms with van der Waals surface area (Å²) < 4.78 is 10.8. The maximum absolute atomic E-state index is 13.3. The topological polar surface area (TPSA) is 68.2 Å². The molecule has 35 heavy (non-hydrogen) atoms. The highest BCUT2D eigenvalue weighted by Gasteiger charge is 2.51. The van der Waals surface area contributed by atoms with Gasteiger partial charge in [0.05, 0.1) is 36.6 Å². The van der Waals surface area contributed by atoms with E-state index in [0.29, 0.717) is 5.71 Å². The fourth-order valence-corrected chi connectivity index (χ4v) is 4.51. The lowest BCUT2D eigenvalue weighted by molar-refractivity contribution is -0.163. The summed E-state index contributed by atoms with van der Waals surface area (Å²) in [5.41, 5.74) is 4.40. The molecule has 6 nitrogen and oxygen atoms in total. The second kappa shape index (κ2) is 11.0.